The van der Waals surface area contributed by atoms with Crippen LogP contribution in [-0.4, -0.2) is 67.3 Å². The molecule has 0 radical (unpaired) electrons. The number of likely N-dealkylation sites (tertiary alicyclic amines) is 1. The molecule has 6 nitrogen and oxygen atoms in total. The van der Waals surface area contributed by atoms with Gasteiger partial charge in [-0.05, 0) is 57.1 Å². The first-order valence-electron chi connectivity index (χ1n) is 10.8. The van der Waals surface area contributed by atoms with Gasteiger partial charge in [-0.15, -0.1) is 0 Å². The van der Waals surface area contributed by atoms with Gasteiger partial charge in [-0.1, -0.05) is 30.3 Å². The molecule has 1 spiro atoms. The summed E-state index contributed by atoms with van der Waals surface area (Å²) in [7, 11) is 2.16. The van der Waals surface area contributed by atoms with Crippen LogP contribution in [0.15, 0.2) is 30.3 Å². The molecular formula is C22H33N3O3. The number of carbonyl (C=O) groups is 1. The predicted octanol–water partition coefficient (Wildman–Crippen LogP) is 3.15. The molecule has 3 aliphatic rings. The summed E-state index contributed by atoms with van der Waals surface area (Å²) in [5.41, 5.74) is 1.44. The fraction of sp³-hybridized carbons (Fsp3) is 0.682. The molecule has 1 atom stereocenters. The van der Waals surface area contributed by atoms with Gasteiger partial charge in [0.25, 0.3) is 0 Å². The average molecular weight is 388 g/mol. The molecule has 3 fully saturated rings. The zero-order chi connectivity index (χ0) is 19.4. The van der Waals surface area contributed by atoms with Crippen LogP contribution in [0.3, 0.4) is 0 Å². The number of carbonyl (C=O) groups excluding carboxylic acids is 1. The number of nitrogens with one attached hydrogen (secondary N) is 1. The van der Waals surface area contributed by atoms with Gasteiger partial charge in [0.15, 0.2) is 0 Å². The summed E-state index contributed by atoms with van der Waals surface area (Å²) in [6, 6.07) is 10.7. The van der Waals surface area contributed by atoms with E-state index in [0.29, 0.717) is 12.5 Å². The minimum absolute atomic E-state index is 0.0154. The number of piperidine rings is 1. The van der Waals surface area contributed by atoms with Crippen molar-refractivity contribution in [3.8, 4) is 0 Å². The number of benzene rings is 1. The third kappa shape index (κ3) is 4.34. The molecule has 1 N–H and O–H groups in total. The van der Waals surface area contributed by atoms with Crippen molar-refractivity contribution in [3.05, 3.63) is 35.9 Å². The number of piperazine rings is 1. The standard InChI is InChI=1S/C22H33N3O3/c1-24-15-13-23-16-22(24)12-5-14-25(17-22)21(26)28-27-20-10-8-19(9-11-20)18-6-3-2-4-7-18/h2-4,6-7,19-20,23H,5,8-17H2,1H3/t19-,20+,22?. The predicted molar refractivity (Wildman–Crippen MR) is 108 cm³/mol. The van der Waals surface area contributed by atoms with Crippen molar-refractivity contribution in [1.29, 1.82) is 0 Å². The molecule has 154 valence electrons. The van der Waals surface area contributed by atoms with E-state index in [2.05, 4.69) is 47.6 Å². The molecule has 0 aromatic heterocycles. The van der Waals surface area contributed by atoms with Gasteiger partial charge in [0.05, 0.1) is 5.54 Å². The van der Waals surface area contributed by atoms with E-state index in [1.54, 1.807) is 0 Å². The SMILES string of the molecule is CN1CCNCC12CCCN(C(=O)OO[C@H]1CC[C@@H](c3ccccc3)CC1)C2. The Morgan fingerprint density at radius 2 is 1.93 bits per heavy atom. The minimum Gasteiger partial charge on any atom is -0.314 e. The molecular weight excluding hydrogens is 354 g/mol. The molecule has 1 unspecified atom stereocenters. The topological polar surface area (TPSA) is 54.0 Å². The van der Waals surface area contributed by atoms with Gasteiger partial charge in [0.2, 0.25) is 0 Å². The van der Waals surface area contributed by atoms with Gasteiger partial charge in [0.1, 0.15) is 6.10 Å². The van der Waals surface area contributed by atoms with E-state index in [1.807, 2.05) is 4.90 Å². The van der Waals surface area contributed by atoms with Crippen molar-refractivity contribution >= 4 is 6.09 Å². The molecule has 2 heterocycles. The first kappa shape index (κ1) is 19.7. The van der Waals surface area contributed by atoms with Gasteiger partial charge >= 0.3 is 6.09 Å². The smallest absolute Gasteiger partial charge is 0.314 e. The molecule has 1 aliphatic carbocycles. The summed E-state index contributed by atoms with van der Waals surface area (Å²) >= 11 is 0. The zero-order valence-electron chi connectivity index (χ0n) is 16.9. The third-order valence-electron chi connectivity index (χ3n) is 6.90. The molecule has 1 saturated carbocycles. The van der Waals surface area contributed by atoms with Crippen LogP contribution in [0.25, 0.3) is 0 Å². The maximum absolute atomic E-state index is 12.6. The molecule has 2 saturated heterocycles. The number of hydrogen-bond acceptors (Lipinski definition) is 5. The Kier molecular flexibility index (Phi) is 6.19. The number of amides is 1. The van der Waals surface area contributed by atoms with Crippen LogP contribution in [0.4, 0.5) is 4.79 Å². The Morgan fingerprint density at radius 3 is 2.68 bits per heavy atom. The van der Waals surface area contributed by atoms with Gasteiger partial charge in [0, 0.05) is 32.7 Å². The number of likely N-dealkylation sites (N-methyl/N-ethyl adjacent to an activating group) is 1. The summed E-state index contributed by atoms with van der Waals surface area (Å²) in [4.78, 5) is 27.7. The normalized spacial score (nSPS) is 31.7. The van der Waals surface area contributed by atoms with Gasteiger partial charge in [-0.3, -0.25) is 9.79 Å². The Labute approximate surface area is 168 Å². The van der Waals surface area contributed by atoms with E-state index < -0.39 is 0 Å². The van der Waals surface area contributed by atoms with E-state index in [-0.39, 0.29) is 17.7 Å². The molecule has 1 aromatic rings. The highest BCUT2D eigenvalue weighted by Gasteiger charge is 2.42. The van der Waals surface area contributed by atoms with E-state index in [1.165, 1.54) is 5.56 Å². The Hall–Kier alpha value is -1.63. The molecule has 6 heteroatoms. The van der Waals surface area contributed by atoms with Crippen molar-refractivity contribution < 1.29 is 14.6 Å². The van der Waals surface area contributed by atoms with Crippen LogP contribution < -0.4 is 5.32 Å². The maximum atomic E-state index is 12.6. The summed E-state index contributed by atoms with van der Waals surface area (Å²) in [5, 5.41) is 3.48. The van der Waals surface area contributed by atoms with Crippen molar-refractivity contribution in [2.24, 2.45) is 0 Å². The van der Waals surface area contributed by atoms with Gasteiger partial charge in [-0.2, -0.15) is 4.89 Å². The first-order valence-corrected chi connectivity index (χ1v) is 10.8. The largest absolute Gasteiger partial charge is 0.441 e. The third-order valence-corrected chi connectivity index (χ3v) is 6.90. The summed E-state index contributed by atoms with van der Waals surface area (Å²) in [5.74, 6) is 0.591. The van der Waals surface area contributed by atoms with Crippen LogP contribution in [0, 0.1) is 0 Å². The van der Waals surface area contributed by atoms with Gasteiger partial charge < -0.3 is 10.2 Å². The Balaban J connectivity index is 1.23. The minimum atomic E-state index is -0.330. The van der Waals surface area contributed by atoms with Gasteiger partial charge in [-0.25, -0.2) is 4.79 Å². The Morgan fingerprint density at radius 1 is 1.14 bits per heavy atom. The monoisotopic (exact) mass is 387 g/mol. The molecule has 1 amide bonds. The highest BCUT2D eigenvalue weighted by Crippen LogP contribution is 2.34. The summed E-state index contributed by atoms with van der Waals surface area (Å²) in [6.07, 6.45) is 5.83. The summed E-state index contributed by atoms with van der Waals surface area (Å²) in [6.45, 7) is 4.41. The second-order valence-corrected chi connectivity index (χ2v) is 8.68. The molecule has 1 aromatic carbocycles. The lowest BCUT2D eigenvalue weighted by Crippen LogP contribution is -2.66. The van der Waals surface area contributed by atoms with Crippen molar-refractivity contribution in [2.75, 3.05) is 39.8 Å². The lowest BCUT2D eigenvalue weighted by molar-refractivity contribution is -0.285. The van der Waals surface area contributed by atoms with Crippen LogP contribution in [0.1, 0.15) is 50.0 Å². The maximum Gasteiger partial charge on any atom is 0.441 e. The van der Waals surface area contributed by atoms with E-state index in [4.69, 9.17) is 9.78 Å². The van der Waals surface area contributed by atoms with Crippen LogP contribution in [-0.2, 0) is 9.78 Å². The number of nitrogens with zero attached hydrogens (tertiary/aromatic N) is 2. The summed E-state index contributed by atoms with van der Waals surface area (Å²) < 4.78 is 0. The fourth-order valence-electron chi connectivity index (χ4n) is 5.04. The van der Waals surface area contributed by atoms with Crippen LogP contribution in [0.5, 0.6) is 0 Å². The quantitative estimate of drug-likeness (QED) is 0.638. The molecule has 0 bridgehead atoms. The fourth-order valence-corrected chi connectivity index (χ4v) is 5.04. The zero-order valence-corrected chi connectivity index (χ0v) is 16.9. The van der Waals surface area contributed by atoms with Crippen LogP contribution in [0.2, 0.25) is 0 Å². The lowest BCUT2D eigenvalue weighted by Gasteiger charge is -2.50. The Bertz CT molecular complexity index is 644. The van der Waals surface area contributed by atoms with E-state index in [0.717, 1.165) is 64.7 Å². The highest BCUT2D eigenvalue weighted by atomic mass is 17.2. The lowest BCUT2D eigenvalue weighted by atomic mass is 9.83. The van der Waals surface area contributed by atoms with Crippen molar-refractivity contribution in [1.82, 2.24) is 15.1 Å². The van der Waals surface area contributed by atoms with Crippen LogP contribution >= 0.6 is 0 Å². The number of rotatable bonds is 3. The van der Waals surface area contributed by atoms with E-state index >= 15 is 0 Å². The molecule has 4 rings (SSSR count). The molecule has 28 heavy (non-hydrogen) atoms. The first-order chi connectivity index (χ1) is 13.7. The second kappa shape index (κ2) is 8.80. The second-order valence-electron chi connectivity index (χ2n) is 8.68. The average Bonchev–Trinajstić information content (AvgIpc) is 2.75. The number of hydrogen-bond donors (Lipinski definition) is 1. The highest BCUT2D eigenvalue weighted by molar-refractivity contribution is 5.67. The van der Waals surface area contributed by atoms with Crippen molar-refractivity contribution in [2.45, 2.75) is 56.1 Å². The van der Waals surface area contributed by atoms with E-state index in [9.17, 15) is 4.79 Å². The van der Waals surface area contributed by atoms with Crippen molar-refractivity contribution in [3.63, 3.8) is 0 Å². The molecule has 2 aliphatic heterocycles.